The van der Waals surface area contributed by atoms with Crippen LogP contribution < -0.4 is 9.62 Å². The second-order valence-corrected chi connectivity index (χ2v) is 11.2. The molecule has 2 amide bonds. The summed E-state index contributed by atoms with van der Waals surface area (Å²) in [5.74, 6) is -0.914. The van der Waals surface area contributed by atoms with E-state index in [9.17, 15) is 18.0 Å². The lowest BCUT2D eigenvalue weighted by Gasteiger charge is -2.33. The summed E-state index contributed by atoms with van der Waals surface area (Å²) in [6.07, 6.45) is 0.321. The average molecular weight is 563 g/mol. The van der Waals surface area contributed by atoms with Crippen molar-refractivity contribution in [1.29, 1.82) is 0 Å². The zero-order chi connectivity index (χ0) is 27.2. The van der Waals surface area contributed by atoms with Crippen LogP contribution in [0.1, 0.15) is 24.5 Å². The van der Waals surface area contributed by atoms with Crippen LogP contribution in [0.15, 0.2) is 77.7 Å². The van der Waals surface area contributed by atoms with Gasteiger partial charge < -0.3 is 10.2 Å². The van der Waals surface area contributed by atoms with E-state index >= 15 is 0 Å². The molecule has 1 N–H and O–H groups in total. The predicted octanol–water partition coefficient (Wildman–Crippen LogP) is 5.05. The number of carbonyl (C=O) groups is 2. The van der Waals surface area contributed by atoms with Crippen molar-refractivity contribution in [2.24, 2.45) is 0 Å². The van der Waals surface area contributed by atoms with Crippen molar-refractivity contribution in [1.82, 2.24) is 10.2 Å². The Morgan fingerprint density at radius 1 is 0.946 bits per heavy atom. The molecule has 7 nitrogen and oxygen atoms in total. The maximum absolute atomic E-state index is 13.8. The molecule has 0 aliphatic carbocycles. The largest absolute Gasteiger partial charge is 0.357 e. The van der Waals surface area contributed by atoms with Gasteiger partial charge in [-0.2, -0.15) is 0 Å². The second-order valence-electron chi connectivity index (χ2n) is 8.45. The molecule has 0 saturated carbocycles. The zero-order valence-corrected chi connectivity index (χ0v) is 23.1. The lowest BCUT2D eigenvalue weighted by Crippen LogP contribution is -2.51. The van der Waals surface area contributed by atoms with Crippen LogP contribution in [0.25, 0.3) is 0 Å². The maximum Gasteiger partial charge on any atom is 0.264 e. The number of hydrogen-bond acceptors (Lipinski definition) is 4. The molecule has 3 aromatic rings. The number of likely N-dealkylation sites (N-methyl/N-ethyl adjacent to an activating group) is 1. The lowest BCUT2D eigenvalue weighted by atomic mass is 10.1. The van der Waals surface area contributed by atoms with Crippen LogP contribution in [0, 0.1) is 6.92 Å². The highest BCUT2D eigenvalue weighted by molar-refractivity contribution is 7.92. The van der Waals surface area contributed by atoms with Gasteiger partial charge >= 0.3 is 0 Å². The average Bonchev–Trinajstić information content (AvgIpc) is 2.88. The van der Waals surface area contributed by atoms with E-state index in [1.807, 2.05) is 6.92 Å². The molecule has 37 heavy (non-hydrogen) atoms. The Morgan fingerprint density at radius 2 is 1.57 bits per heavy atom. The summed E-state index contributed by atoms with van der Waals surface area (Å²) < 4.78 is 28.5. The third kappa shape index (κ3) is 6.83. The number of benzene rings is 3. The maximum atomic E-state index is 13.8. The Hall–Kier alpha value is -3.07. The van der Waals surface area contributed by atoms with E-state index in [0.717, 1.165) is 9.87 Å². The fraction of sp³-hybridized carbons (Fsp3) is 0.259. The first kappa shape index (κ1) is 28.5. The highest BCUT2D eigenvalue weighted by Crippen LogP contribution is 2.27. The minimum absolute atomic E-state index is 0.0312. The van der Waals surface area contributed by atoms with E-state index < -0.39 is 28.5 Å². The molecule has 0 spiro atoms. The quantitative estimate of drug-likeness (QED) is 0.375. The van der Waals surface area contributed by atoms with E-state index in [-0.39, 0.29) is 23.0 Å². The second kappa shape index (κ2) is 12.4. The predicted molar refractivity (Wildman–Crippen MR) is 147 cm³/mol. The van der Waals surface area contributed by atoms with E-state index in [1.54, 1.807) is 55.5 Å². The third-order valence-corrected chi connectivity index (χ3v) is 8.34. The molecular weight excluding hydrogens is 533 g/mol. The number of aryl methyl sites for hydroxylation is 1. The molecule has 0 heterocycles. The molecule has 10 heteroatoms. The number of amides is 2. The Bertz CT molecular complexity index is 1350. The topological polar surface area (TPSA) is 86.8 Å². The smallest absolute Gasteiger partial charge is 0.264 e. The molecule has 0 saturated heterocycles. The Morgan fingerprint density at radius 3 is 2.14 bits per heavy atom. The van der Waals surface area contributed by atoms with Gasteiger partial charge in [-0.3, -0.25) is 13.9 Å². The van der Waals surface area contributed by atoms with E-state index in [1.165, 1.54) is 36.2 Å². The van der Waals surface area contributed by atoms with Crippen molar-refractivity contribution in [2.75, 3.05) is 17.9 Å². The van der Waals surface area contributed by atoms with Crippen LogP contribution in [0.2, 0.25) is 10.0 Å². The molecule has 0 unspecified atom stereocenters. The number of halogens is 2. The molecule has 1 atom stereocenters. The van der Waals surface area contributed by atoms with E-state index in [0.29, 0.717) is 22.0 Å². The zero-order valence-electron chi connectivity index (χ0n) is 20.8. The van der Waals surface area contributed by atoms with Gasteiger partial charge in [-0.05, 0) is 61.4 Å². The van der Waals surface area contributed by atoms with Crippen LogP contribution in [-0.4, -0.2) is 44.8 Å². The van der Waals surface area contributed by atoms with Crippen molar-refractivity contribution >= 4 is 50.7 Å². The van der Waals surface area contributed by atoms with Crippen LogP contribution in [-0.2, 0) is 26.2 Å². The summed E-state index contributed by atoms with van der Waals surface area (Å²) in [5.41, 5.74) is 1.80. The summed E-state index contributed by atoms with van der Waals surface area (Å²) in [7, 11) is -2.64. The lowest BCUT2D eigenvalue weighted by molar-refractivity contribution is -0.140. The van der Waals surface area contributed by atoms with Crippen molar-refractivity contribution in [3.63, 3.8) is 0 Å². The molecule has 0 aromatic heterocycles. The van der Waals surface area contributed by atoms with Crippen molar-refractivity contribution in [3.8, 4) is 0 Å². The van der Waals surface area contributed by atoms with Crippen LogP contribution in [0.3, 0.4) is 0 Å². The molecule has 0 aliphatic rings. The molecule has 3 aromatic carbocycles. The van der Waals surface area contributed by atoms with Gasteiger partial charge in [-0.1, -0.05) is 66.0 Å². The summed E-state index contributed by atoms with van der Waals surface area (Å²) >= 11 is 12.4. The van der Waals surface area contributed by atoms with Crippen molar-refractivity contribution < 1.29 is 18.0 Å². The van der Waals surface area contributed by atoms with Gasteiger partial charge in [0.05, 0.1) is 10.6 Å². The molecule has 0 aliphatic heterocycles. The number of hydrogen-bond donors (Lipinski definition) is 1. The van der Waals surface area contributed by atoms with Gasteiger partial charge in [0, 0.05) is 23.6 Å². The van der Waals surface area contributed by atoms with Crippen molar-refractivity contribution in [2.45, 2.75) is 37.8 Å². The van der Waals surface area contributed by atoms with Gasteiger partial charge in [0.15, 0.2) is 0 Å². The molecule has 3 rings (SSSR count). The Balaban J connectivity index is 2.06. The summed E-state index contributed by atoms with van der Waals surface area (Å²) in [4.78, 5) is 28.0. The van der Waals surface area contributed by atoms with Crippen molar-refractivity contribution in [3.05, 3.63) is 94.0 Å². The number of carbonyl (C=O) groups excluding carboxylic acids is 2. The number of sulfonamides is 1. The fourth-order valence-electron chi connectivity index (χ4n) is 3.87. The Kier molecular flexibility index (Phi) is 9.59. The molecule has 196 valence electrons. The van der Waals surface area contributed by atoms with E-state index in [2.05, 4.69) is 5.32 Å². The van der Waals surface area contributed by atoms with Gasteiger partial charge in [-0.25, -0.2) is 8.42 Å². The summed E-state index contributed by atoms with van der Waals surface area (Å²) in [5, 5.41) is 3.46. The highest BCUT2D eigenvalue weighted by atomic mass is 35.5. The van der Waals surface area contributed by atoms with Gasteiger partial charge in [0.2, 0.25) is 11.8 Å². The number of nitrogens with zero attached hydrogens (tertiary/aromatic N) is 2. The first-order chi connectivity index (χ1) is 17.6. The monoisotopic (exact) mass is 561 g/mol. The fourth-order valence-corrected chi connectivity index (χ4v) is 5.61. The first-order valence-electron chi connectivity index (χ1n) is 11.7. The van der Waals surface area contributed by atoms with Gasteiger partial charge in [0.25, 0.3) is 10.0 Å². The Labute approximate surface area is 228 Å². The first-order valence-corrected chi connectivity index (χ1v) is 13.9. The number of nitrogens with one attached hydrogen (secondary N) is 1. The van der Waals surface area contributed by atoms with Crippen LogP contribution >= 0.6 is 23.2 Å². The molecule has 0 radical (unpaired) electrons. The molecular formula is C27H29Cl2N3O4S. The summed E-state index contributed by atoms with van der Waals surface area (Å²) in [6.45, 7) is 3.14. The third-order valence-electron chi connectivity index (χ3n) is 5.93. The highest BCUT2D eigenvalue weighted by Gasteiger charge is 2.33. The minimum Gasteiger partial charge on any atom is -0.357 e. The summed E-state index contributed by atoms with van der Waals surface area (Å²) in [6, 6.07) is 18.7. The molecule has 0 fully saturated rings. The van der Waals surface area contributed by atoms with E-state index in [4.69, 9.17) is 23.2 Å². The van der Waals surface area contributed by atoms with Crippen LogP contribution in [0.4, 0.5) is 5.69 Å². The SMILES string of the molecule is CC[C@@H](C(=O)NC)N(Cc1ccccc1Cl)C(=O)CN(c1ccc(Cl)cc1)S(=O)(=O)c1ccc(C)cc1. The minimum atomic E-state index is -4.14. The standard InChI is InChI=1S/C27H29Cl2N3O4S/c1-4-25(27(34)30-3)31(17-20-7-5-6-8-24(20)29)26(33)18-32(22-13-11-21(28)12-14-22)37(35,36)23-15-9-19(2)10-16-23/h5-16,25H,4,17-18H2,1-3H3,(H,30,34)/t25-/m0/s1. The molecule has 0 bridgehead atoms. The normalized spacial score (nSPS) is 12.0. The number of anilines is 1. The van der Waals surface area contributed by atoms with Crippen LogP contribution in [0.5, 0.6) is 0 Å². The van der Waals surface area contributed by atoms with Gasteiger partial charge in [0.1, 0.15) is 12.6 Å². The van der Waals surface area contributed by atoms with Gasteiger partial charge in [-0.15, -0.1) is 0 Å². The number of rotatable bonds is 10.